The van der Waals surface area contributed by atoms with Crippen molar-refractivity contribution in [3.8, 4) is 0 Å². The van der Waals surface area contributed by atoms with Gasteiger partial charge in [-0.1, -0.05) is 6.07 Å². The van der Waals surface area contributed by atoms with Gasteiger partial charge in [0.15, 0.2) is 0 Å². The van der Waals surface area contributed by atoms with Gasteiger partial charge >= 0.3 is 0 Å². The number of fused-ring (bicyclic) bond motifs is 1. The van der Waals surface area contributed by atoms with Crippen molar-refractivity contribution in [1.29, 1.82) is 0 Å². The van der Waals surface area contributed by atoms with E-state index in [0.717, 1.165) is 24.3 Å². The van der Waals surface area contributed by atoms with Crippen molar-refractivity contribution in [3.05, 3.63) is 29.6 Å². The van der Waals surface area contributed by atoms with Gasteiger partial charge in [-0.15, -0.1) is 11.6 Å². The van der Waals surface area contributed by atoms with Gasteiger partial charge in [0.2, 0.25) is 0 Å². The molecule has 0 aliphatic carbocycles. The van der Waals surface area contributed by atoms with Gasteiger partial charge in [-0.3, -0.25) is 0 Å². The van der Waals surface area contributed by atoms with Crippen LogP contribution >= 0.6 is 11.6 Å². The molecule has 1 unspecified atom stereocenters. The number of hydrogen-bond acceptors (Lipinski definition) is 2. The molecule has 0 saturated carbocycles. The van der Waals surface area contributed by atoms with E-state index in [4.69, 9.17) is 11.6 Å². The highest BCUT2D eigenvalue weighted by Gasteiger charge is 2.15. The number of rotatable bonds is 5. The second kappa shape index (κ2) is 5.93. The van der Waals surface area contributed by atoms with Crippen molar-refractivity contribution >= 4 is 22.6 Å². The van der Waals surface area contributed by atoms with Gasteiger partial charge < -0.3 is 9.47 Å². The van der Waals surface area contributed by atoms with Crippen LogP contribution in [0.2, 0.25) is 0 Å². The summed E-state index contributed by atoms with van der Waals surface area (Å²) in [4.78, 5) is 6.85. The van der Waals surface area contributed by atoms with Crippen molar-refractivity contribution in [2.45, 2.75) is 32.2 Å². The van der Waals surface area contributed by atoms with Gasteiger partial charge in [0, 0.05) is 6.04 Å². The molecule has 0 aliphatic rings. The molecule has 19 heavy (non-hydrogen) atoms. The van der Waals surface area contributed by atoms with Crippen LogP contribution in [-0.2, 0) is 5.88 Å². The van der Waals surface area contributed by atoms with Gasteiger partial charge in [0.25, 0.3) is 0 Å². The summed E-state index contributed by atoms with van der Waals surface area (Å²) in [7, 11) is 4.21. The zero-order valence-electron chi connectivity index (χ0n) is 12.2. The Hall–Kier alpha value is -1.06. The fourth-order valence-corrected chi connectivity index (χ4v) is 2.60. The number of aromatic nitrogens is 2. The lowest BCUT2D eigenvalue weighted by Crippen LogP contribution is -2.18. The van der Waals surface area contributed by atoms with Gasteiger partial charge in [0.05, 0.1) is 16.9 Å². The van der Waals surface area contributed by atoms with Crippen LogP contribution in [0.25, 0.3) is 11.0 Å². The van der Waals surface area contributed by atoms with Crippen molar-refractivity contribution in [3.63, 3.8) is 0 Å². The van der Waals surface area contributed by atoms with Crippen LogP contribution in [0.5, 0.6) is 0 Å². The van der Waals surface area contributed by atoms with E-state index in [-0.39, 0.29) is 0 Å². The number of halogens is 1. The Balaban J connectivity index is 2.41. The number of imidazole rings is 1. The Labute approximate surface area is 120 Å². The van der Waals surface area contributed by atoms with E-state index < -0.39 is 0 Å². The lowest BCUT2D eigenvalue weighted by Gasteiger charge is -2.19. The Morgan fingerprint density at radius 1 is 1.37 bits per heavy atom. The Bertz CT molecular complexity index is 560. The Morgan fingerprint density at radius 2 is 2.11 bits per heavy atom. The zero-order valence-corrected chi connectivity index (χ0v) is 12.9. The van der Waals surface area contributed by atoms with Crippen LogP contribution in [0.1, 0.15) is 30.8 Å². The van der Waals surface area contributed by atoms with E-state index in [0.29, 0.717) is 11.9 Å². The Morgan fingerprint density at radius 3 is 2.74 bits per heavy atom. The molecule has 1 atom stereocenters. The maximum atomic E-state index is 6.06. The molecule has 0 bridgehead atoms. The molecular weight excluding hydrogens is 258 g/mol. The molecule has 3 nitrogen and oxygen atoms in total. The summed E-state index contributed by atoms with van der Waals surface area (Å²) in [6.07, 6.45) is 1.09. The van der Waals surface area contributed by atoms with Crippen LogP contribution in [0, 0.1) is 6.92 Å². The highest BCUT2D eigenvalue weighted by molar-refractivity contribution is 6.16. The van der Waals surface area contributed by atoms with Crippen molar-refractivity contribution in [1.82, 2.24) is 14.5 Å². The third kappa shape index (κ3) is 3.10. The summed E-state index contributed by atoms with van der Waals surface area (Å²) in [5.41, 5.74) is 3.49. The number of aryl methyl sites for hydroxylation is 1. The van der Waals surface area contributed by atoms with Gasteiger partial charge in [-0.2, -0.15) is 0 Å². The molecule has 2 rings (SSSR count). The third-order valence-electron chi connectivity index (χ3n) is 3.47. The van der Waals surface area contributed by atoms with Gasteiger partial charge in [0.1, 0.15) is 5.82 Å². The molecule has 0 spiro atoms. The summed E-state index contributed by atoms with van der Waals surface area (Å²) in [5.74, 6) is 1.42. The molecule has 0 amide bonds. The Kier molecular flexibility index (Phi) is 4.48. The molecule has 1 aromatic carbocycles. The summed E-state index contributed by atoms with van der Waals surface area (Å²) < 4.78 is 2.29. The topological polar surface area (TPSA) is 21.1 Å². The van der Waals surface area contributed by atoms with E-state index in [9.17, 15) is 0 Å². The second-order valence-electron chi connectivity index (χ2n) is 5.46. The first-order valence-electron chi connectivity index (χ1n) is 6.71. The minimum absolute atomic E-state index is 0.406. The minimum Gasteiger partial charge on any atom is -0.324 e. The molecule has 0 saturated heterocycles. The maximum absolute atomic E-state index is 6.06. The highest BCUT2D eigenvalue weighted by Crippen LogP contribution is 2.25. The zero-order chi connectivity index (χ0) is 14.0. The van der Waals surface area contributed by atoms with Crippen LogP contribution in [0.4, 0.5) is 0 Å². The predicted molar refractivity (Wildman–Crippen MR) is 81.9 cm³/mol. The van der Waals surface area contributed by atoms with Gasteiger partial charge in [-0.05, 0) is 58.6 Å². The highest BCUT2D eigenvalue weighted by atomic mass is 35.5. The summed E-state index contributed by atoms with van der Waals surface area (Å²) in [6.45, 7) is 5.42. The molecular formula is C15H22ClN3. The molecule has 2 aromatic rings. The molecule has 0 radical (unpaired) electrons. The molecule has 0 N–H and O–H groups in total. The third-order valence-corrected chi connectivity index (χ3v) is 3.71. The first-order chi connectivity index (χ1) is 9.02. The van der Waals surface area contributed by atoms with Crippen molar-refractivity contribution in [2.75, 3.05) is 20.6 Å². The van der Waals surface area contributed by atoms with Crippen molar-refractivity contribution < 1.29 is 0 Å². The molecule has 0 aliphatic heterocycles. The average molecular weight is 280 g/mol. The second-order valence-corrected chi connectivity index (χ2v) is 5.73. The van der Waals surface area contributed by atoms with E-state index in [2.05, 4.69) is 60.6 Å². The standard InChI is InChI=1S/C15H22ClN3/c1-11-5-6-13-14(9-11)19(15(10-16)17-13)12(2)7-8-18(3)4/h5-6,9,12H,7-8,10H2,1-4H3. The fraction of sp³-hybridized carbons (Fsp3) is 0.533. The number of nitrogens with zero attached hydrogens (tertiary/aromatic N) is 3. The average Bonchev–Trinajstić information content (AvgIpc) is 2.73. The van der Waals surface area contributed by atoms with E-state index in [1.807, 2.05) is 0 Å². The maximum Gasteiger partial charge on any atom is 0.125 e. The lowest BCUT2D eigenvalue weighted by molar-refractivity contribution is 0.358. The molecule has 0 fully saturated rings. The van der Waals surface area contributed by atoms with Crippen LogP contribution < -0.4 is 0 Å². The monoisotopic (exact) mass is 279 g/mol. The van der Waals surface area contributed by atoms with E-state index >= 15 is 0 Å². The lowest BCUT2D eigenvalue weighted by atomic mass is 10.2. The normalized spacial score (nSPS) is 13.4. The molecule has 1 heterocycles. The first kappa shape index (κ1) is 14.4. The molecule has 1 aromatic heterocycles. The molecule has 4 heteroatoms. The van der Waals surface area contributed by atoms with Crippen LogP contribution in [-0.4, -0.2) is 35.1 Å². The van der Waals surface area contributed by atoms with E-state index in [1.54, 1.807) is 0 Å². The van der Waals surface area contributed by atoms with Crippen LogP contribution in [0.15, 0.2) is 18.2 Å². The van der Waals surface area contributed by atoms with Crippen LogP contribution in [0.3, 0.4) is 0 Å². The van der Waals surface area contributed by atoms with E-state index in [1.165, 1.54) is 11.1 Å². The predicted octanol–water partition coefficient (Wildman–Crippen LogP) is 3.60. The quantitative estimate of drug-likeness (QED) is 0.780. The minimum atomic E-state index is 0.406. The number of benzene rings is 1. The SMILES string of the molecule is Cc1ccc2nc(CCl)n(C(C)CCN(C)C)c2c1. The van der Waals surface area contributed by atoms with Crippen molar-refractivity contribution in [2.24, 2.45) is 0 Å². The molecule has 104 valence electrons. The largest absolute Gasteiger partial charge is 0.324 e. The summed E-state index contributed by atoms with van der Waals surface area (Å²) in [5, 5.41) is 0. The summed E-state index contributed by atoms with van der Waals surface area (Å²) in [6, 6.07) is 6.78. The summed E-state index contributed by atoms with van der Waals surface area (Å²) >= 11 is 6.06. The van der Waals surface area contributed by atoms with Gasteiger partial charge in [-0.25, -0.2) is 4.98 Å². The first-order valence-corrected chi connectivity index (χ1v) is 7.24. The fourth-order valence-electron chi connectivity index (χ4n) is 2.41. The number of alkyl halides is 1. The number of hydrogen-bond donors (Lipinski definition) is 0. The smallest absolute Gasteiger partial charge is 0.125 e.